The lowest BCUT2D eigenvalue weighted by Gasteiger charge is -2.18. The molecule has 3 N–H and O–H groups in total. The van der Waals surface area contributed by atoms with Crippen molar-refractivity contribution in [3.05, 3.63) is 62.7 Å². The number of halogens is 1. The van der Waals surface area contributed by atoms with Crippen molar-refractivity contribution in [2.45, 2.75) is 6.54 Å². The second-order valence-electron chi connectivity index (χ2n) is 4.44. The zero-order valence-electron chi connectivity index (χ0n) is 11.2. The maximum Gasteiger partial charge on any atom is 0.336 e. The summed E-state index contributed by atoms with van der Waals surface area (Å²) in [7, 11) is 1.43. The van der Waals surface area contributed by atoms with Crippen molar-refractivity contribution in [1.82, 2.24) is 14.5 Å². The van der Waals surface area contributed by atoms with Crippen LogP contribution in [-0.4, -0.2) is 27.5 Å². The molecule has 110 valence electrons. The molecular formula is C13H13FN4O3. The summed E-state index contributed by atoms with van der Waals surface area (Å²) in [5.41, 5.74) is 4.78. The van der Waals surface area contributed by atoms with E-state index in [4.69, 9.17) is 5.73 Å². The highest BCUT2D eigenvalue weighted by Crippen LogP contribution is 2.12. The van der Waals surface area contributed by atoms with Crippen molar-refractivity contribution in [2.24, 2.45) is 0 Å². The number of aromatic nitrogens is 2. The van der Waals surface area contributed by atoms with Gasteiger partial charge < -0.3 is 10.6 Å². The minimum Gasteiger partial charge on any atom is -0.398 e. The van der Waals surface area contributed by atoms with Crippen LogP contribution >= 0.6 is 0 Å². The molecule has 0 aliphatic rings. The Morgan fingerprint density at radius 2 is 2.05 bits per heavy atom. The molecule has 8 heteroatoms. The van der Waals surface area contributed by atoms with Crippen LogP contribution in [0.15, 0.2) is 40.1 Å². The SMILES string of the molecule is CN(Cc1ccccc1N)C(=O)n1cc(F)c(=O)[nH]c1=O. The predicted molar refractivity (Wildman–Crippen MR) is 74.4 cm³/mol. The first kappa shape index (κ1) is 14.5. The molecular weight excluding hydrogens is 279 g/mol. The molecule has 0 aliphatic carbocycles. The fourth-order valence-electron chi connectivity index (χ4n) is 1.77. The molecule has 1 aromatic carbocycles. The molecule has 0 aliphatic heterocycles. The molecule has 0 bridgehead atoms. The zero-order valence-corrected chi connectivity index (χ0v) is 11.2. The number of anilines is 1. The highest BCUT2D eigenvalue weighted by molar-refractivity contribution is 5.76. The van der Waals surface area contributed by atoms with Crippen molar-refractivity contribution in [1.29, 1.82) is 0 Å². The fourth-order valence-corrected chi connectivity index (χ4v) is 1.77. The van der Waals surface area contributed by atoms with Crippen LogP contribution in [0.5, 0.6) is 0 Å². The molecule has 0 saturated carbocycles. The summed E-state index contributed by atoms with van der Waals surface area (Å²) in [5, 5.41) is 0. The van der Waals surface area contributed by atoms with E-state index in [0.29, 0.717) is 22.0 Å². The highest BCUT2D eigenvalue weighted by atomic mass is 19.1. The molecule has 0 radical (unpaired) electrons. The topological polar surface area (TPSA) is 101 Å². The minimum atomic E-state index is -1.21. The van der Waals surface area contributed by atoms with Gasteiger partial charge in [-0.05, 0) is 11.6 Å². The van der Waals surface area contributed by atoms with Crippen molar-refractivity contribution in [3.8, 4) is 0 Å². The summed E-state index contributed by atoms with van der Waals surface area (Å²) >= 11 is 0. The van der Waals surface area contributed by atoms with Crippen LogP contribution in [0, 0.1) is 5.82 Å². The molecule has 1 heterocycles. The quantitative estimate of drug-likeness (QED) is 0.780. The molecule has 0 saturated heterocycles. The van der Waals surface area contributed by atoms with Crippen LogP contribution in [0.3, 0.4) is 0 Å². The zero-order chi connectivity index (χ0) is 15.6. The van der Waals surface area contributed by atoms with Gasteiger partial charge in [-0.25, -0.2) is 14.2 Å². The fraction of sp³-hybridized carbons (Fsp3) is 0.154. The van der Waals surface area contributed by atoms with Crippen LogP contribution in [0.1, 0.15) is 5.56 Å². The van der Waals surface area contributed by atoms with E-state index >= 15 is 0 Å². The molecule has 7 nitrogen and oxygen atoms in total. The Morgan fingerprint density at radius 1 is 1.38 bits per heavy atom. The number of rotatable bonds is 2. The molecule has 1 aromatic heterocycles. The summed E-state index contributed by atoms with van der Waals surface area (Å²) < 4.78 is 13.7. The van der Waals surface area contributed by atoms with Crippen molar-refractivity contribution in [3.63, 3.8) is 0 Å². The summed E-state index contributed by atoms with van der Waals surface area (Å²) in [6.45, 7) is 0.138. The number of nitrogens with two attached hydrogens (primary N) is 1. The van der Waals surface area contributed by atoms with Crippen LogP contribution < -0.4 is 17.0 Å². The van der Waals surface area contributed by atoms with E-state index in [2.05, 4.69) is 0 Å². The van der Waals surface area contributed by atoms with Gasteiger partial charge in [-0.2, -0.15) is 4.39 Å². The van der Waals surface area contributed by atoms with E-state index < -0.39 is 23.1 Å². The van der Waals surface area contributed by atoms with Crippen molar-refractivity contribution >= 4 is 11.7 Å². The van der Waals surface area contributed by atoms with Gasteiger partial charge in [0.05, 0.1) is 6.20 Å². The third-order valence-electron chi connectivity index (χ3n) is 2.89. The van der Waals surface area contributed by atoms with Crippen molar-refractivity contribution in [2.75, 3.05) is 12.8 Å². The van der Waals surface area contributed by atoms with Gasteiger partial charge in [-0.15, -0.1) is 0 Å². The first-order valence-electron chi connectivity index (χ1n) is 6.00. The van der Waals surface area contributed by atoms with Gasteiger partial charge in [0.25, 0.3) is 5.56 Å². The monoisotopic (exact) mass is 292 g/mol. The smallest absolute Gasteiger partial charge is 0.336 e. The number of benzene rings is 1. The standard InChI is InChI=1S/C13H13FN4O3/c1-17(6-8-4-2-3-5-10(8)15)13(21)18-7-9(14)11(19)16-12(18)20/h2-5,7H,6,15H2,1H3,(H,16,19,20). The number of aromatic amines is 1. The molecule has 0 spiro atoms. The highest BCUT2D eigenvalue weighted by Gasteiger charge is 2.16. The van der Waals surface area contributed by atoms with Gasteiger partial charge in [0.2, 0.25) is 5.82 Å². The maximum atomic E-state index is 13.2. The molecule has 0 unspecified atom stereocenters. The molecule has 0 atom stereocenters. The molecule has 2 rings (SSSR count). The largest absolute Gasteiger partial charge is 0.398 e. The lowest BCUT2D eigenvalue weighted by molar-refractivity contribution is 0.207. The number of hydrogen-bond acceptors (Lipinski definition) is 4. The third kappa shape index (κ3) is 2.99. The average molecular weight is 292 g/mol. The second-order valence-corrected chi connectivity index (χ2v) is 4.44. The van der Waals surface area contributed by atoms with Crippen LogP contribution in [-0.2, 0) is 6.54 Å². The number of H-pyrrole nitrogens is 1. The lowest BCUT2D eigenvalue weighted by atomic mass is 10.2. The van der Waals surface area contributed by atoms with E-state index in [-0.39, 0.29) is 6.54 Å². The number of carbonyl (C=O) groups is 1. The van der Waals surface area contributed by atoms with Gasteiger partial charge in [0.1, 0.15) is 0 Å². The maximum absolute atomic E-state index is 13.2. The Hall–Kier alpha value is -2.90. The lowest BCUT2D eigenvalue weighted by Crippen LogP contribution is -2.41. The predicted octanol–water partition coefficient (Wildman–Crippen LogP) is 0.358. The molecule has 2 aromatic rings. The van der Waals surface area contributed by atoms with E-state index in [1.165, 1.54) is 11.9 Å². The summed E-state index contributed by atoms with van der Waals surface area (Å²) in [6.07, 6.45) is 0.564. The first-order chi connectivity index (χ1) is 9.90. The number of carbonyl (C=O) groups excluding carboxylic acids is 1. The molecule has 21 heavy (non-hydrogen) atoms. The molecule has 0 fully saturated rings. The number of para-hydroxylation sites is 1. The normalized spacial score (nSPS) is 10.4. The Kier molecular flexibility index (Phi) is 3.88. The van der Waals surface area contributed by atoms with E-state index in [9.17, 15) is 18.8 Å². The van der Waals surface area contributed by atoms with Crippen molar-refractivity contribution < 1.29 is 9.18 Å². The molecule has 1 amide bonds. The number of nitrogens with one attached hydrogen (secondary N) is 1. The third-order valence-corrected chi connectivity index (χ3v) is 2.89. The Balaban J connectivity index is 2.28. The Bertz CT molecular complexity index is 796. The van der Waals surface area contributed by atoms with E-state index in [1.54, 1.807) is 29.2 Å². The number of hydrogen-bond donors (Lipinski definition) is 2. The first-order valence-corrected chi connectivity index (χ1v) is 6.00. The summed E-state index contributed by atoms with van der Waals surface area (Å²) in [6, 6.07) is 6.14. The Morgan fingerprint density at radius 3 is 2.71 bits per heavy atom. The van der Waals surface area contributed by atoms with E-state index in [0.717, 1.165) is 0 Å². The van der Waals surface area contributed by atoms with E-state index in [1.807, 2.05) is 0 Å². The van der Waals surface area contributed by atoms with Crippen LogP contribution in [0.25, 0.3) is 0 Å². The number of amides is 1. The number of nitrogen functional groups attached to an aromatic ring is 1. The summed E-state index contributed by atoms with van der Waals surface area (Å²) in [4.78, 5) is 37.5. The average Bonchev–Trinajstić information content (AvgIpc) is 2.44. The Labute approximate surface area is 118 Å². The van der Waals surface area contributed by atoms with Gasteiger partial charge in [0.15, 0.2) is 0 Å². The summed E-state index contributed by atoms with van der Waals surface area (Å²) in [5.74, 6) is -1.21. The van der Waals surface area contributed by atoms with Gasteiger partial charge in [-0.3, -0.25) is 9.78 Å². The van der Waals surface area contributed by atoms with Crippen LogP contribution in [0.2, 0.25) is 0 Å². The number of nitrogens with zero attached hydrogens (tertiary/aromatic N) is 2. The minimum absolute atomic E-state index is 0.138. The van der Waals surface area contributed by atoms with Crippen LogP contribution in [0.4, 0.5) is 14.9 Å². The second kappa shape index (κ2) is 5.61. The van der Waals surface area contributed by atoms with Gasteiger partial charge >= 0.3 is 11.7 Å². The van der Waals surface area contributed by atoms with Gasteiger partial charge in [0, 0.05) is 19.3 Å². The van der Waals surface area contributed by atoms with Gasteiger partial charge in [-0.1, -0.05) is 18.2 Å².